The number of rotatable bonds is 5. The van der Waals surface area contributed by atoms with Crippen molar-refractivity contribution in [2.45, 2.75) is 26.7 Å². The van der Waals surface area contributed by atoms with Gasteiger partial charge in [-0.15, -0.1) is 0 Å². The number of aromatic nitrogens is 2. The molecule has 23 heavy (non-hydrogen) atoms. The topological polar surface area (TPSA) is 76.0 Å². The van der Waals surface area contributed by atoms with Crippen molar-refractivity contribution in [3.05, 3.63) is 46.8 Å². The Balaban J connectivity index is 1.99. The van der Waals surface area contributed by atoms with E-state index in [9.17, 15) is 9.59 Å². The van der Waals surface area contributed by atoms with Gasteiger partial charge in [-0.2, -0.15) is 5.10 Å². The van der Waals surface area contributed by atoms with E-state index in [-0.39, 0.29) is 11.8 Å². The predicted octanol–water partition coefficient (Wildman–Crippen LogP) is 1.51. The van der Waals surface area contributed by atoms with Crippen LogP contribution in [-0.2, 0) is 29.5 Å². The molecule has 0 atom stereocenters. The zero-order chi connectivity index (χ0) is 17.0. The van der Waals surface area contributed by atoms with E-state index in [1.165, 1.54) is 0 Å². The first kappa shape index (κ1) is 16.7. The third-order valence-corrected chi connectivity index (χ3v) is 3.88. The fourth-order valence-corrected chi connectivity index (χ4v) is 2.42. The third-order valence-electron chi connectivity index (χ3n) is 3.88. The lowest BCUT2D eigenvalue weighted by atomic mass is 10.1. The maximum atomic E-state index is 12.2. The Morgan fingerprint density at radius 1 is 1.09 bits per heavy atom. The summed E-state index contributed by atoms with van der Waals surface area (Å²) in [5, 5.41) is 9.77. The van der Waals surface area contributed by atoms with Crippen molar-refractivity contribution >= 4 is 17.5 Å². The Bertz CT molecular complexity index is 717. The highest BCUT2D eigenvalue weighted by molar-refractivity contribution is 5.92. The van der Waals surface area contributed by atoms with E-state index in [0.29, 0.717) is 12.8 Å². The first-order valence-electron chi connectivity index (χ1n) is 7.49. The summed E-state index contributed by atoms with van der Waals surface area (Å²) in [6.07, 6.45) is 0.629. The number of carbonyl (C=O) groups is 2. The van der Waals surface area contributed by atoms with Crippen molar-refractivity contribution in [1.82, 2.24) is 15.1 Å². The smallest absolute Gasteiger partial charge is 0.228 e. The summed E-state index contributed by atoms with van der Waals surface area (Å²) in [6, 6.07) is 7.29. The van der Waals surface area contributed by atoms with E-state index in [4.69, 9.17) is 0 Å². The Hall–Kier alpha value is -2.63. The normalized spacial score (nSPS) is 10.4. The first-order valence-corrected chi connectivity index (χ1v) is 7.49. The van der Waals surface area contributed by atoms with Gasteiger partial charge in [-0.3, -0.25) is 14.3 Å². The molecule has 0 fully saturated rings. The SMILES string of the molecule is CNC(=O)Cc1ccc(NC(=O)Cc2c(C)nn(C)c2C)cc1. The number of likely N-dealkylation sites (N-methyl/N-ethyl adjacent to an activating group) is 1. The minimum absolute atomic E-state index is 0.0377. The van der Waals surface area contributed by atoms with E-state index >= 15 is 0 Å². The molecule has 2 amide bonds. The zero-order valence-corrected chi connectivity index (χ0v) is 13.9. The van der Waals surface area contributed by atoms with Crippen LogP contribution in [0, 0.1) is 13.8 Å². The van der Waals surface area contributed by atoms with Crippen LogP contribution in [0.1, 0.15) is 22.5 Å². The van der Waals surface area contributed by atoms with Crippen LogP contribution in [0.25, 0.3) is 0 Å². The minimum Gasteiger partial charge on any atom is -0.359 e. The van der Waals surface area contributed by atoms with E-state index < -0.39 is 0 Å². The molecule has 0 saturated heterocycles. The molecule has 1 heterocycles. The number of anilines is 1. The number of hydrogen-bond donors (Lipinski definition) is 2. The molecule has 0 radical (unpaired) electrons. The molecule has 122 valence electrons. The molecule has 0 aliphatic heterocycles. The van der Waals surface area contributed by atoms with Crippen LogP contribution in [-0.4, -0.2) is 28.6 Å². The lowest BCUT2D eigenvalue weighted by molar-refractivity contribution is -0.120. The third kappa shape index (κ3) is 4.18. The maximum absolute atomic E-state index is 12.2. The second-order valence-corrected chi connectivity index (χ2v) is 5.54. The average molecular weight is 314 g/mol. The number of aryl methyl sites for hydroxylation is 2. The van der Waals surface area contributed by atoms with Gasteiger partial charge in [0.2, 0.25) is 11.8 Å². The fourth-order valence-electron chi connectivity index (χ4n) is 2.42. The summed E-state index contributed by atoms with van der Waals surface area (Å²) >= 11 is 0. The first-order chi connectivity index (χ1) is 10.9. The highest BCUT2D eigenvalue weighted by Crippen LogP contribution is 2.15. The summed E-state index contributed by atoms with van der Waals surface area (Å²) in [4.78, 5) is 23.5. The number of benzene rings is 1. The lowest BCUT2D eigenvalue weighted by Crippen LogP contribution is -2.20. The summed E-state index contributed by atoms with van der Waals surface area (Å²) in [7, 11) is 3.48. The van der Waals surface area contributed by atoms with Crippen molar-refractivity contribution in [1.29, 1.82) is 0 Å². The molecule has 6 nitrogen and oxygen atoms in total. The molecule has 2 rings (SSSR count). The molecule has 2 aromatic rings. The van der Waals surface area contributed by atoms with E-state index in [1.807, 2.05) is 33.0 Å². The minimum atomic E-state index is -0.0803. The standard InChI is InChI=1S/C17H22N4O2/c1-11-15(12(2)21(4)20-11)10-17(23)19-14-7-5-13(6-8-14)9-16(22)18-3/h5-8H,9-10H2,1-4H3,(H,18,22)(H,19,23). The molecule has 0 bridgehead atoms. The Morgan fingerprint density at radius 3 is 2.26 bits per heavy atom. The van der Waals surface area contributed by atoms with Gasteiger partial charge in [0.25, 0.3) is 0 Å². The van der Waals surface area contributed by atoms with Gasteiger partial charge in [-0.25, -0.2) is 0 Å². The van der Waals surface area contributed by atoms with Crippen LogP contribution in [0.15, 0.2) is 24.3 Å². The number of hydrogen-bond acceptors (Lipinski definition) is 3. The summed E-state index contributed by atoms with van der Waals surface area (Å²) in [6.45, 7) is 3.86. The molecular formula is C17H22N4O2. The fraction of sp³-hybridized carbons (Fsp3) is 0.353. The summed E-state index contributed by atoms with van der Waals surface area (Å²) in [5.41, 5.74) is 4.46. The van der Waals surface area contributed by atoms with Gasteiger partial charge in [-0.1, -0.05) is 12.1 Å². The molecule has 0 aliphatic rings. The van der Waals surface area contributed by atoms with Crippen LogP contribution < -0.4 is 10.6 Å². The Kier molecular flexibility index (Phi) is 5.16. The van der Waals surface area contributed by atoms with Crippen LogP contribution >= 0.6 is 0 Å². The van der Waals surface area contributed by atoms with Crippen molar-refractivity contribution in [3.8, 4) is 0 Å². The van der Waals surface area contributed by atoms with Gasteiger partial charge in [0.15, 0.2) is 0 Å². The molecule has 1 aromatic heterocycles. The number of carbonyl (C=O) groups excluding carboxylic acids is 2. The number of nitrogens with one attached hydrogen (secondary N) is 2. The van der Waals surface area contributed by atoms with Crippen LogP contribution in [0.3, 0.4) is 0 Å². The largest absolute Gasteiger partial charge is 0.359 e. The molecular weight excluding hydrogens is 292 g/mol. The second-order valence-electron chi connectivity index (χ2n) is 5.54. The van der Waals surface area contributed by atoms with Gasteiger partial charge in [-0.05, 0) is 31.5 Å². The summed E-state index contributed by atoms with van der Waals surface area (Å²) in [5.74, 6) is -0.118. The van der Waals surface area contributed by atoms with Crippen LogP contribution in [0.4, 0.5) is 5.69 Å². The van der Waals surface area contributed by atoms with Gasteiger partial charge < -0.3 is 10.6 Å². The Morgan fingerprint density at radius 2 is 1.74 bits per heavy atom. The van der Waals surface area contributed by atoms with Gasteiger partial charge >= 0.3 is 0 Å². The number of amides is 2. The molecule has 2 N–H and O–H groups in total. The maximum Gasteiger partial charge on any atom is 0.228 e. The monoisotopic (exact) mass is 314 g/mol. The van der Waals surface area contributed by atoms with Gasteiger partial charge in [0, 0.05) is 31.0 Å². The quantitative estimate of drug-likeness (QED) is 0.878. The van der Waals surface area contributed by atoms with Crippen molar-refractivity contribution in [2.24, 2.45) is 7.05 Å². The molecule has 1 aromatic carbocycles. The van der Waals surface area contributed by atoms with Crippen molar-refractivity contribution in [2.75, 3.05) is 12.4 Å². The van der Waals surface area contributed by atoms with E-state index in [0.717, 1.165) is 28.2 Å². The number of nitrogens with zero attached hydrogens (tertiary/aromatic N) is 2. The molecule has 6 heteroatoms. The van der Waals surface area contributed by atoms with Gasteiger partial charge in [0.05, 0.1) is 18.5 Å². The molecule has 0 spiro atoms. The molecule has 0 saturated carbocycles. The van der Waals surface area contributed by atoms with E-state index in [1.54, 1.807) is 23.9 Å². The predicted molar refractivity (Wildman–Crippen MR) is 89.2 cm³/mol. The molecule has 0 aliphatic carbocycles. The van der Waals surface area contributed by atoms with Crippen LogP contribution in [0.5, 0.6) is 0 Å². The van der Waals surface area contributed by atoms with Gasteiger partial charge in [0.1, 0.15) is 0 Å². The lowest BCUT2D eigenvalue weighted by Gasteiger charge is -2.07. The van der Waals surface area contributed by atoms with Crippen molar-refractivity contribution in [3.63, 3.8) is 0 Å². The Labute approximate surface area is 135 Å². The molecule has 0 unspecified atom stereocenters. The van der Waals surface area contributed by atoms with Crippen LogP contribution in [0.2, 0.25) is 0 Å². The highest BCUT2D eigenvalue weighted by atomic mass is 16.2. The highest BCUT2D eigenvalue weighted by Gasteiger charge is 2.13. The average Bonchev–Trinajstić information content (AvgIpc) is 2.75. The summed E-state index contributed by atoms with van der Waals surface area (Å²) < 4.78 is 1.78. The van der Waals surface area contributed by atoms with Crippen molar-refractivity contribution < 1.29 is 9.59 Å². The second kappa shape index (κ2) is 7.09. The van der Waals surface area contributed by atoms with E-state index in [2.05, 4.69) is 15.7 Å². The zero-order valence-electron chi connectivity index (χ0n) is 13.9.